The molecule has 2 fully saturated rings. The zero-order valence-electron chi connectivity index (χ0n) is 13.4. The standard InChI is InChI=1S/C17H24N4O2/c22-12-9-20-8-4-7-16(20)19-17(21-10-13-23-14-11-21)18-15-5-2-1-3-6-15/h1-3,5-6,22H,4,7-14H2/b18-17-,19-16-. The third-order valence-corrected chi connectivity index (χ3v) is 4.07. The number of β-amino-alcohol motifs (C(OH)–C–C–N with tert-alkyl or cyclic N) is 1. The topological polar surface area (TPSA) is 60.7 Å². The molecule has 2 aliphatic heterocycles. The fourth-order valence-electron chi connectivity index (χ4n) is 2.87. The molecule has 2 saturated heterocycles. The number of likely N-dealkylation sites (tertiary alicyclic amines) is 1. The summed E-state index contributed by atoms with van der Waals surface area (Å²) in [5, 5.41) is 9.21. The first-order valence-corrected chi connectivity index (χ1v) is 8.26. The minimum absolute atomic E-state index is 0.154. The zero-order valence-corrected chi connectivity index (χ0v) is 13.4. The summed E-state index contributed by atoms with van der Waals surface area (Å²) in [6.07, 6.45) is 2.03. The number of aliphatic hydroxyl groups excluding tert-OH is 1. The summed E-state index contributed by atoms with van der Waals surface area (Å²) in [6, 6.07) is 9.92. The van der Waals surface area contributed by atoms with Crippen LogP contribution in [0.3, 0.4) is 0 Å². The molecule has 0 bridgehead atoms. The average Bonchev–Trinajstić information content (AvgIpc) is 3.03. The molecule has 0 radical (unpaired) electrons. The number of nitrogens with zero attached hydrogens (tertiary/aromatic N) is 4. The number of aliphatic imine (C=N–C) groups is 2. The van der Waals surface area contributed by atoms with Crippen molar-refractivity contribution in [2.45, 2.75) is 12.8 Å². The fourth-order valence-corrected chi connectivity index (χ4v) is 2.87. The highest BCUT2D eigenvalue weighted by molar-refractivity contribution is 5.97. The van der Waals surface area contributed by atoms with Gasteiger partial charge in [-0.3, -0.25) is 0 Å². The summed E-state index contributed by atoms with van der Waals surface area (Å²) in [4.78, 5) is 13.9. The largest absolute Gasteiger partial charge is 0.395 e. The maximum atomic E-state index is 9.21. The molecular formula is C17H24N4O2. The van der Waals surface area contributed by atoms with E-state index in [4.69, 9.17) is 14.7 Å². The molecule has 0 amide bonds. The number of benzene rings is 1. The summed E-state index contributed by atoms with van der Waals surface area (Å²) in [7, 11) is 0. The Kier molecular flexibility index (Phi) is 5.60. The van der Waals surface area contributed by atoms with E-state index in [0.29, 0.717) is 19.8 Å². The number of aliphatic hydroxyl groups is 1. The Morgan fingerprint density at radius 3 is 2.65 bits per heavy atom. The van der Waals surface area contributed by atoms with Crippen LogP contribution in [0.2, 0.25) is 0 Å². The Morgan fingerprint density at radius 2 is 1.91 bits per heavy atom. The second kappa shape index (κ2) is 8.08. The molecule has 0 spiro atoms. The van der Waals surface area contributed by atoms with Gasteiger partial charge in [0.1, 0.15) is 5.84 Å². The van der Waals surface area contributed by atoms with Crippen molar-refractivity contribution in [2.75, 3.05) is 46.0 Å². The van der Waals surface area contributed by atoms with E-state index in [9.17, 15) is 5.11 Å². The van der Waals surface area contributed by atoms with Gasteiger partial charge in [-0.2, -0.15) is 4.99 Å². The van der Waals surface area contributed by atoms with Crippen molar-refractivity contribution < 1.29 is 9.84 Å². The maximum absolute atomic E-state index is 9.21. The van der Waals surface area contributed by atoms with Crippen LogP contribution in [0, 0.1) is 0 Å². The van der Waals surface area contributed by atoms with E-state index < -0.39 is 0 Å². The SMILES string of the molecule is OCCN1CCC/C1=N/C(=N/c1ccccc1)N1CCOCC1. The summed E-state index contributed by atoms with van der Waals surface area (Å²) in [6.45, 7) is 4.78. The lowest BCUT2D eigenvalue weighted by atomic mass is 10.3. The molecule has 6 nitrogen and oxygen atoms in total. The van der Waals surface area contributed by atoms with Gasteiger partial charge in [-0.1, -0.05) is 18.2 Å². The molecule has 1 N–H and O–H groups in total. The van der Waals surface area contributed by atoms with Crippen LogP contribution < -0.4 is 0 Å². The first kappa shape index (κ1) is 16.0. The van der Waals surface area contributed by atoms with Gasteiger partial charge in [0.05, 0.1) is 25.5 Å². The smallest absolute Gasteiger partial charge is 0.227 e. The first-order chi connectivity index (χ1) is 11.4. The van der Waals surface area contributed by atoms with Crippen LogP contribution in [0.4, 0.5) is 5.69 Å². The number of rotatable bonds is 3. The van der Waals surface area contributed by atoms with Crippen molar-refractivity contribution in [3.8, 4) is 0 Å². The highest BCUT2D eigenvalue weighted by Gasteiger charge is 2.21. The van der Waals surface area contributed by atoms with E-state index in [2.05, 4.69) is 9.80 Å². The quantitative estimate of drug-likeness (QED) is 0.678. The van der Waals surface area contributed by atoms with Crippen LogP contribution in [-0.2, 0) is 4.74 Å². The molecule has 3 rings (SSSR count). The number of guanidine groups is 1. The van der Waals surface area contributed by atoms with Crippen LogP contribution in [0.5, 0.6) is 0 Å². The summed E-state index contributed by atoms with van der Waals surface area (Å²) in [5.74, 6) is 1.78. The van der Waals surface area contributed by atoms with E-state index in [-0.39, 0.29) is 6.61 Å². The minimum Gasteiger partial charge on any atom is -0.395 e. The second-order valence-corrected chi connectivity index (χ2v) is 5.69. The maximum Gasteiger partial charge on any atom is 0.227 e. The van der Waals surface area contributed by atoms with Crippen molar-refractivity contribution in [1.82, 2.24) is 9.80 Å². The van der Waals surface area contributed by atoms with Crippen LogP contribution in [0.25, 0.3) is 0 Å². The van der Waals surface area contributed by atoms with E-state index in [1.54, 1.807) is 0 Å². The molecule has 23 heavy (non-hydrogen) atoms. The Balaban J connectivity index is 1.87. The van der Waals surface area contributed by atoms with Crippen LogP contribution >= 0.6 is 0 Å². The Labute approximate surface area is 137 Å². The number of para-hydroxylation sites is 1. The van der Waals surface area contributed by atoms with Crippen molar-refractivity contribution in [3.63, 3.8) is 0 Å². The highest BCUT2D eigenvalue weighted by Crippen LogP contribution is 2.16. The lowest BCUT2D eigenvalue weighted by molar-refractivity contribution is 0.0676. The molecule has 0 atom stereocenters. The molecule has 0 aliphatic carbocycles. The monoisotopic (exact) mass is 316 g/mol. The second-order valence-electron chi connectivity index (χ2n) is 5.69. The molecular weight excluding hydrogens is 292 g/mol. The predicted molar refractivity (Wildman–Crippen MR) is 91.3 cm³/mol. The van der Waals surface area contributed by atoms with Crippen molar-refractivity contribution in [3.05, 3.63) is 30.3 Å². The van der Waals surface area contributed by atoms with Gasteiger partial charge >= 0.3 is 0 Å². The van der Waals surface area contributed by atoms with Gasteiger partial charge < -0.3 is 19.6 Å². The lowest BCUT2D eigenvalue weighted by Gasteiger charge is -2.28. The molecule has 0 aromatic heterocycles. The minimum atomic E-state index is 0.154. The summed E-state index contributed by atoms with van der Waals surface area (Å²) in [5.41, 5.74) is 0.907. The van der Waals surface area contributed by atoms with E-state index in [1.807, 2.05) is 30.3 Å². The first-order valence-electron chi connectivity index (χ1n) is 8.26. The molecule has 124 valence electrons. The average molecular weight is 316 g/mol. The number of ether oxygens (including phenoxy) is 1. The molecule has 2 aliphatic rings. The van der Waals surface area contributed by atoms with E-state index in [1.165, 1.54) is 0 Å². The van der Waals surface area contributed by atoms with Crippen molar-refractivity contribution in [2.24, 2.45) is 9.98 Å². The Bertz CT molecular complexity index is 553. The lowest BCUT2D eigenvalue weighted by Crippen LogP contribution is -2.41. The van der Waals surface area contributed by atoms with Crippen LogP contribution in [0.1, 0.15) is 12.8 Å². The normalized spacial score (nSPS) is 21.3. The fraction of sp³-hybridized carbons (Fsp3) is 0.529. The number of hydrogen-bond donors (Lipinski definition) is 1. The van der Waals surface area contributed by atoms with E-state index >= 15 is 0 Å². The number of hydrogen-bond acceptors (Lipinski definition) is 3. The third-order valence-electron chi connectivity index (χ3n) is 4.07. The third kappa shape index (κ3) is 4.30. The van der Waals surface area contributed by atoms with Gasteiger partial charge in [-0.15, -0.1) is 0 Å². The van der Waals surface area contributed by atoms with E-state index in [0.717, 1.165) is 50.0 Å². The van der Waals surface area contributed by atoms with Gasteiger partial charge in [0, 0.05) is 32.6 Å². The van der Waals surface area contributed by atoms with Crippen LogP contribution in [0.15, 0.2) is 40.3 Å². The Morgan fingerprint density at radius 1 is 1.13 bits per heavy atom. The van der Waals surface area contributed by atoms with Crippen molar-refractivity contribution in [1.29, 1.82) is 0 Å². The van der Waals surface area contributed by atoms with Gasteiger partial charge in [0.2, 0.25) is 5.96 Å². The zero-order chi connectivity index (χ0) is 15.9. The van der Waals surface area contributed by atoms with Gasteiger partial charge in [-0.05, 0) is 18.6 Å². The molecule has 2 heterocycles. The highest BCUT2D eigenvalue weighted by atomic mass is 16.5. The van der Waals surface area contributed by atoms with Gasteiger partial charge in [-0.25, -0.2) is 4.99 Å². The summed E-state index contributed by atoms with van der Waals surface area (Å²) < 4.78 is 5.44. The summed E-state index contributed by atoms with van der Waals surface area (Å²) >= 11 is 0. The van der Waals surface area contributed by atoms with Gasteiger partial charge in [0.15, 0.2) is 0 Å². The molecule has 1 aromatic rings. The molecule has 0 saturated carbocycles. The predicted octanol–water partition coefficient (Wildman–Crippen LogP) is 1.49. The molecule has 6 heteroatoms. The van der Waals surface area contributed by atoms with Crippen molar-refractivity contribution >= 4 is 17.5 Å². The van der Waals surface area contributed by atoms with Gasteiger partial charge in [0.25, 0.3) is 0 Å². The molecule has 0 unspecified atom stereocenters. The van der Waals surface area contributed by atoms with Crippen LogP contribution in [-0.4, -0.2) is 72.7 Å². The number of amidine groups is 1. The molecule has 1 aromatic carbocycles. The number of morpholine rings is 1. The Hall–Kier alpha value is -1.92.